The van der Waals surface area contributed by atoms with Gasteiger partial charge in [-0.05, 0) is 78.9 Å². The van der Waals surface area contributed by atoms with Gasteiger partial charge in [-0.2, -0.15) is 0 Å². The van der Waals surface area contributed by atoms with Gasteiger partial charge in [-0.25, -0.2) is 0 Å². The van der Waals surface area contributed by atoms with Gasteiger partial charge in [0.1, 0.15) is 12.4 Å². The number of nitrogens with zero attached hydrogens (tertiary/aromatic N) is 2. The molecule has 4 rings (SSSR count). The zero-order valence-electron chi connectivity index (χ0n) is 16.9. The summed E-state index contributed by atoms with van der Waals surface area (Å²) < 4.78 is 6.09. The topological polar surface area (TPSA) is 25.4 Å². The summed E-state index contributed by atoms with van der Waals surface area (Å²) in [7, 11) is 4.37. The minimum atomic E-state index is 0.563. The van der Waals surface area contributed by atoms with Gasteiger partial charge in [0.15, 0.2) is 0 Å². The van der Waals surface area contributed by atoms with Crippen LogP contribution in [0.15, 0.2) is 67.0 Å². The summed E-state index contributed by atoms with van der Waals surface area (Å²) in [5.74, 6) is 1.53. The van der Waals surface area contributed by atoms with Crippen molar-refractivity contribution in [2.45, 2.75) is 38.3 Å². The standard InChI is InChI=1S/C25H28N2O/c1-18-24-12-11-23(15-21(24)10-13-25(18)27(2)3)28-17-19-6-8-20(9-7-19)22-5-4-14-26-16-22/h4-9,11-12,14-16,18,25H,10,13,17H2,1-3H3. The number of ether oxygens (including phenoxy) is 1. The van der Waals surface area contributed by atoms with Crippen molar-refractivity contribution in [1.29, 1.82) is 0 Å². The molecule has 144 valence electrons. The fourth-order valence-electron chi connectivity index (χ4n) is 4.29. The summed E-state index contributed by atoms with van der Waals surface area (Å²) in [6.45, 7) is 2.93. The Kier molecular flexibility index (Phi) is 5.45. The summed E-state index contributed by atoms with van der Waals surface area (Å²) in [5.41, 5.74) is 6.39. The highest BCUT2D eigenvalue weighted by Gasteiger charge is 2.27. The van der Waals surface area contributed by atoms with E-state index in [-0.39, 0.29) is 0 Å². The summed E-state index contributed by atoms with van der Waals surface area (Å²) in [6.07, 6.45) is 6.02. The first kappa shape index (κ1) is 18.7. The maximum atomic E-state index is 6.09. The molecule has 1 heterocycles. The Morgan fingerprint density at radius 3 is 2.57 bits per heavy atom. The molecular weight excluding hydrogens is 344 g/mol. The van der Waals surface area contributed by atoms with E-state index in [1.165, 1.54) is 28.7 Å². The molecule has 2 aromatic carbocycles. The third-order valence-electron chi connectivity index (χ3n) is 5.91. The maximum absolute atomic E-state index is 6.09. The predicted molar refractivity (Wildman–Crippen MR) is 115 cm³/mol. The number of hydrogen-bond donors (Lipinski definition) is 0. The van der Waals surface area contributed by atoms with Crippen LogP contribution in [0.25, 0.3) is 11.1 Å². The van der Waals surface area contributed by atoms with E-state index in [1.807, 2.05) is 12.3 Å². The van der Waals surface area contributed by atoms with Gasteiger partial charge in [0.2, 0.25) is 0 Å². The van der Waals surface area contributed by atoms with Crippen LogP contribution in [-0.4, -0.2) is 30.0 Å². The molecule has 28 heavy (non-hydrogen) atoms. The molecule has 0 fully saturated rings. The van der Waals surface area contributed by atoms with Crippen molar-refractivity contribution in [3.63, 3.8) is 0 Å². The second kappa shape index (κ2) is 8.15. The largest absolute Gasteiger partial charge is 0.489 e. The maximum Gasteiger partial charge on any atom is 0.120 e. The molecule has 1 aromatic heterocycles. The smallest absolute Gasteiger partial charge is 0.120 e. The van der Waals surface area contributed by atoms with E-state index in [4.69, 9.17) is 4.74 Å². The third-order valence-corrected chi connectivity index (χ3v) is 5.91. The number of fused-ring (bicyclic) bond motifs is 1. The Morgan fingerprint density at radius 1 is 1.04 bits per heavy atom. The van der Waals surface area contributed by atoms with Crippen LogP contribution in [-0.2, 0) is 13.0 Å². The first-order chi connectivity index (χ1) is 13.6. The highest BCUT2D eigenvalue weighted by atomic mass is 16.5. The first-order valence-electron chi connectivity index (χ1n) is 10.0. The van der Waals surface area contributed by atoms with Gasteiger partial charge in [-0.3, -0.25) is 4.98 Å². The Balaban J connectivity index is 1.42. The van der Waals surface area contributed by atoms with Crippen molar-refractivity contribution in [1.82, 2.24) is 9.88 Å². The van der Waals surface area contributed by atoms with E-state index < -0.39 is 0 Å². The van der Waals surface area contributed by atoms with Gasteiger partial charge in [0.05, 0.1) is 0 Å². The number of benzene rings is 2. The highest BCUT2D eigenvalue weighted by molar-refractivity contribution is 5.62. The molecule has 2 atom stereocenters. The van der Waals surface area contributed by atoms with Crippen LogP contribution in [0.2, 0.25) is 0 Å². The molecule has 0 aliphatic heterocycles. The van der Waals surface area contributed by atoms with Gasteiger partial charge in [-0.1, -0.05) is 43.3 Å². The van der Waals surface area contributed by atoms with Crippen molar-refractivity contribution >= 4 is 0 Å². The summed E-state index contributed by atoms with van der Waals surface area (Å²) in [4.78, 5) is 6.54. The minimum Gasteiger partial charge on any atom is -0.489 e. The fourth-order valence-corrected chi connectivity index (χ4v) is 4.29. The van der Waals surface area contributed by atoms with Crippen molar-refractivity contribution in [3.05, 3.63) is 83.7 Å². The van der Waals surface area contributed by atoms with Crippen LogP contribution in [0, 0.1) is 0 Å². The minimum absolute atomic E-state index is 0.563. The Bertz CT molecular complexity index is 919. The van der Waals surface area contributed by atoms with Crippen molar-refractivity contribution < 1.29 is 4.74 Å². The average molecular weight is 373 g/mol. The Morgan fingerprint density at radius 2 is 1.86 bits per heavy atom. The van der Waals surface area contributed by atoms with Crippen LogP contribution in [0.3, 0.4) is 0 Å². The van der Waals surface area contributed by atoms with Gasteiger partial charge in [0, 0.05) is 18.4 Å². The number of pyridine rings is 1. The number of aryl methyl sites for hydroxylation is 1. The molecule has 0 amide bonds. The second-order valence-electron chi connectivity index (χ2n) is 7.95. The van der Waals surface area contributed by atoms with Crippen LogP contribution >= 0.6 is 0 Å². The molecule has 0 saturated carbocycles. The van der Waals surface area contributed by atoms with E-state index in [2.05, 4.69) is 79.4 Å². The molecule has 1 aliphatic carbocycles. The summed E-state index contributed by atoms with van der Waals surface area (Å²) in [5, 5.41) is 0. The normalized spacial score (nSPS) is 18.7. The quantitative estimate of drug-likeness (QED) is 0.607. The summed E-state index contributed by atoms with van der Waals surface area (Å²) >= 11 is 0. The lowest BCUT2D eigenvalue weighted by atomic mass is 9.80. The van der Waals surface area contributed by atoms with Gasteiger partial charge in [-0.15, -0.1) is 0 Å². The van der Waals surface area contributed by atoms with Crippen molar-refractivity contribution in [3.8, 4) is 16.9 Å². The number of likely N-dealkylation sites (N-methyl/N-ethyl adjacent to an activating group) is 1. The molecule has 1 aliphatic rings. The van der Waals surface area contributed by atoms with Crippen LogP contribution in [0.1, 0.15) is 36.0 Å². The zero-order valence-corrected chi connectivity index (χ0v) is 16.9. The van der Waals surface area contributed by atoms with E-state index in [9.17, 15) is 0 Å². The number of rotatable bonds is 5. The monoisotopic (exact) mass is 372 g/mol. The first-order valence-corrected chi connectivity index (χ1v) is 10.0. The second-order valence-corrected chi connectivity index (χ2v) is 7.95. The van der Waals surface area contributed by atoms with Gasteiger partial charge < -0.3 is 9.64 Å². The lowest BCUT2D eigenvalue weighted by Crippen LogP contribution is -2.36. The molecule has 3 aromatic rings. The predicted octanol–water partition coefficient (Wildman–Crippen LogP) is 5.31. The number of aromatic nitrogens is 1. The molecule has 0 spiro atoms. The SMILES string of the molecule is CC1c2ccc(OCc3ccc(-c4cccnc4)cc3)cc2CCC1N(C)C. The van der Waals surface area contributed by atoms with E-state index in [0.717, 1.165) is 17.7 Å². The molecule has 0 radical (unpaired) electrons. The van der Waals surface area contributed by atoms with Crippen LogP contribution < -0.4 is 4.74 Å². The fraction of sp³-hybridized carbons (Fsp3) is 0.320. The molecule has 2 unspecified atom stereocenters. The van der Waals surface area contributed by atoms with E-state index in [0.29, 0.717) is 18.6 Å². The summed E-state index contributed by atoms with van der Waals surface area (Å²) in [6, 6.07) is 19.8. The molecule has 0 saturated heterocycles. The lowest BCUT2D eigenvalue weighted by molar-refractivity contribution is 0.236. The molecular formula is C25H28N2O. The Labute approximate surface area is 168 Å². The zero-order chi connectivity index (χ0) is 19.5. The Hall–Kier alpha value is -2.65. The number of hydrogen-bond acceptors (Lipinski definition) is 3. The van der Waals surface area contributed by atoms with Crippen molar-refractivity contribution in [2.75, 3.05) is 14.1 Å². The molecule has 3 heteroatoms. The molecule has 0 bridgehead atoms. The van der Waals surface area contributed by atoms with Crippen LogP contribution in [0.4, 0.5) is 0 Å². The van der Waals surface area contributed by atoms with E-state index >= 15 is 0 Å². The van der Waals surface area contributed by atoms with Gasteiger partial charge >= 0.3 is 0 Å². The van der Waals surface area contributed by atoms with Crippen LogP contribution in [0.5, 0.6) is 5.75 Å². The molecule has 0 N–H and O–H groups in total. The van der Waals surface area contributed by atoms with E-state index in [1.54, 1.807) is 6.20 Å². The lowest BCUT2D eigenvalue weighted by Gasteiger charge is -2.35. The van der Waals surface area contributed by atoms with Crippen molar-refractivity contribution in [2.24, 2.45) is 0 Å². The highest BCUT2D eigenvalue weighted by Crippen LogP contribution is 2.35. The average Bonchev–Trinajstić information content (AvgIpc) is 2.73. The molecule has 3 nitrogen and oxygen atoms in total. The third kappa shape index (κ3) is 3.95. The van der Waals surface area contributed by atoms with Gasteiger partial charge in [0.25, 0.3) is 0 Å².